The van der Waals surface area contributed by atoms with E-state index in [9.17, 15) is 34.5 Å². The van der Waals surface area contributed by atoms with Crippen molar-refractivity contribution < 1.29 is 62.6 Å². The maximum absolute atomic E-state index is 16.2. The van der Waals surface area contributed by atoms with Crippen molar-refractivity contribution in [3.05, 3.63) is 23.3 Å². The van der Waals surface area contributed by atoms with Crippen LogP contribution in [0.4, 0.5) is 4.39 Å². The molecule has 3 N–H and O–H groups in total. The van der Waals surface area contributed by atoms with Crippen molar-refractivity contribution in [2.45, 2.75) is 186 Å². The van der Waals surface area contributed by atoms with Crippen molar-refractivity contribution >= 4 is 23.4 Å². The molecule has 3 heterocycles. The van der Waals surface area contributed by atoms with E-state index in [4.69, 9.17) is 23.7 Å². The number of nitrogens with zero attached hydrogens (tertiary/aromatic N) is 1. The third kappa shape index (κ3) is 11.7. The van der Waals surface area contributed by atoms with Gasteiger partial charge in [-0.15, -0.1) is 0 Å². The standard InChI is InChI=1S/C45H72FNO12/c1-11-31-19-25(4)39(46)26(5)20-37(55-9)41-38(56-10)21-28(7)45(54,59-41)42(51)43(52)47-17-13-12-14-32(47)44(53)58-40(29(8)34(49)23-35(31)50)27(6)18-30-15-16-33(48)36(22-30)57-24(2)3/h18-19,24,26,28-34,36-41,48-49,54H,11-17,20-23H2,1-10H3. The van der Waals surface area contributed by atoms with E-state index in [0.717, 1.165) is 4.90 Å². The summed E-state index contributed by atoms with van der Waals surface area (Å²) in [4.78, 5) is 57.8. The smallest absolute Gasteiger partial charge is 0.329 e. The fraction of sp³-hybridized carbons (Fsp3) is 0.822. The van der Waals surface area contributed by atoms with Crippen LogP contribution in [0.2, 0.25) is 0 Å². The number of carbonyl (C=O) groups excluding carboxylic acids is 4. The summed E-state index contributed by atoms with van der Waals surface area (Å²) in [7, 11) is 2.88. The Morgan fingerprint density at radius 1 is 0.983 bits per heavy atom. The monoisotopic (exact) mass is 838 g/mol. The van der Waals surface area contributed by atoms with Crippen LogP contribution in [0, 0.1) is 29.6 Å². The SMILES string of the molecule is CCC1C=C(C)C(F)C(C)CC(OC)C2OC(O)(C(=O)C(=O)N3CCCCC3C(=O)OC(C(C)=CC3CCC(O)C(OC(C)C)C3)C(C)C(O)CC1=O)C(C)CC2OC. The first-order valence-electron chi connectivity index (χ1n) is 21.8. The quantitative estimate of drug-likeness (QED) is 0.174. The Morgan fingerprint density at radius 3 is 2.27 bits per heavy atom. The molecule has 13 nitrogen and oxygen atoms in total. The summed E-state index contributed by atoms with van der Waals surface area (Å²) in [5, 5.41) is 34.4. The largest absolute Gasteiger partial charge is 0.456 e. The molecule has 4 aliphatic rings. The molecule has 0 aromatic carbocycles. The number of esters is 1. The summed E-state index contributed by atoms with van der Waals surface area (Å²) < 4.78 is 46.2. The molecule has 2 saturated heterocycles. The van der Waals surface area contributed by atoms with E-state index in [1.807, 2.05) is 26.8 Å². The Kier molecular flexibility index (Phi) is 17.9. The molecule has 0 spiro atoms. The summed E-state index contributed by atoms with van der Waals surface area (Å²) in [5.74, 6) is -9.12. The van der Waals surface area contributed by atoms with Crippen molar-refractivity contribution in [3.63, 3.8) is 0 Å². The van der Waals surface area contributed by atoms with Crippen LogP contribution in [0.25, 0.3) is 0 Å². The normalized spacial score (nSPS) is 40.6. The molecular weight excluding hydrogens is 765 g/mol. The van der Waals surface area contributed by atoms with Crippen LogP contribution in [-0.2, 0) is 42.9 Å². The number of allylic oxidation sites excluding steroid dienone is 3. The molecule has 3 fully saturated rings. The van der Waals surface area contributed by atoms with Crippen LogP contribution in [0.15, 0.2) is 23.3 Å². The fourth-order valence-electron chi connectivity index (χ4n) is 9.54. The Morgan fingerprint density at radius 2 is 1.64 bits per heavy atom. The summed E-state index contributed by atoms with van der Waals surface area (Å²) in [6, 6.07) is -1.18. The lowest BCUT2D eigenvalue weighted by Crippen LogP contribution is -2.64. The number of aliphatic hydroxyl groups is 3. The molecule has 1 saturated carbocycles. The van der Waals surface area contributed by atoms with Crippen molar-refractivity contribution in [3.8, 4) is 0 Å². The zero-order chi connectivity index (χ0) is 43.9. The van der Waals surface area contributed by atoms with Gasteiger partial charge < -0.3 is 43.9 Å². The Hall–Kier alpha value is -2.59. The van der Waals surface area contributed by atoms with E-state index >= 15 is 4.39 Å². The average Bonchev–Trinajstić information content (AvgIpc) is 3.20. The minimum absolute atomic E-state index is 0.0477. The maximum atomic E-state index is 16.2. The molecule has 4 rings (SSSR count). The fourth-order valence-corrected chi connectivity index (χ4v) is 9.54. The molecule has 3 aliphatic heterocycles. The van der Waals surface area contributed by atoms with Crippen molar-refractivity contribution in [1.29, 1.82) is 0 Å². The zero-order valence-corrected chi connectivity index (χ0v) is 36.9. The number of alkyl halides is 1. The van der Waals surface area contributed by atoms with Gasteiger partial charge in [0.1, 0.15) is 30.2 Å². The van der Waals surface area contributed by atoms with Crippen LogP contribution in [0.3, 0.4) is 0 Å². The molecule has 1 aliphatic carbocycles. The molecule has 1 amide bonds. The topological polar surface area (TPSA) is 178 Å². The molecular formula is C45H72FNO12. The number of ether oxygens (including phenoxy) is 5. The van der Waals surface area contributed by atoms with E-state index in [1.165, 1.54) is 14.2 Å². The highest BCUT2D eigenvalue weighted by atomic mass is 19.1. The highest BCUT2D eigenvalue weighted by Crippen LogP contribution is 2.39. The summed E-state index contributed by atoms with van der Waals surface area (Å²) in [6.07, 6.45) is -0.699. The third-order valence-corrected chi connectivity index (χ3v) is 13.2. The predicted molar refractivity (Wildman–Crippen MR) is 218 cm³/mol. The number of fused-ring (bicyclic) bond motifs is 3. The van der Waals surface area contributed by atoms with Gasteiger partial charge in [-0.3, -0.25) is 14.4 Å². The second-order valence-electron chi connectivity index (χ2n) is 18.1. The van der Waals surface area contributed by atoms with Crippen LogP contribution < -0.4 is 0 Å². The molecule has 0 aromatic heterocycles. The molecule has 59 heavy (non-hydrogen) atoms. The molecule has 15 unspecified atom stereocenters. The molecule has 2 bridgehead atoms. The Balaban J connectivity index is 1.78. The summed E-state index contributed by atoms with van der Waals surface area (Å²) in [6.45, 7) is 14.1. The minimum Gasteiger partial charge on any atom is -0.456 e. The second-order valence-corrected chi connectivity index (χ2v) is 18.1. The molecule has 0 aromatic rings. The number of cyclic esters (lactones) is 1. The van der Waals surface area contributed by atoms with E-state index in [-0.39, 0.29) is 56.1 Å². The molecule has 15 atom stereocenters. The number of ketones is 2. The number of aliphatic hydroxyl groups excluding tert-OH is 2. The number of halogens is 1. The highest BCUT2D eigenvalue weighted by Gasteiger charge is 2.57. The number of hydrogen-bond acceptors (Lipinski definition) is 12. The molecule has 336 valence electrons. The predicted octanol–water partition coefficient (Wildman–Crippen LogP) is 5.20. The maximum Gasteiger partial charge on any atom is 0.329 e. The minimum atomic E-state index is -2.60. The third-order valence-electron chi connectivity index (χ3n) is 13.2. The van der Waals surface area contributed by atoms with Crippen LogP contribution in [0.1, 0.15) is 120 Å². The van der Waals surface area contributed by atoms with E-state index < -0.39 is 96.0 Å². The van der Waals surface area contributed by atoms with Crippen LogP contribution in [-0.4, -0.2) is 131 Å². The van der Waals surface area contributed by atoms with Crippen LogP contribution in [0.5, 0.6) is 0 Å². The first-order valence-corrected chi connectivity index (χ1v) is 21.8. The lowest BCUT2D eigenvalue weighted by molar-refractivity contribution is -0.302. The molecule has 0 radical (unpaired) electrons. The van der Waals surface area contributed by atoms with Crippen molar-refractivity contribution in [2.75, 3.05) is 20.8 Å². The van der Waals surface area contributed by atoms with Gasteiger partial charge in [0.05, 0.1) is 36.6 Å². The lowest BCUT2D eigenvalue weighted by Gasteiger charge is -2.47. The van der Waals surface area contributed by atoms with E-state index in [1.54, 1.807) is 40.7 Å². The van der Waals surface area contributed by atoms with E-state index in [2.05, 4.69) is 0 Å². The zero-order valence-electron chi connectivity index (χ0n) is 36.9. The van der Waals surface area contributed by atoms with Crippen LogP contribution >= 0.6 is 0 Å². The number of amides is 1. The van der Waals surface area contributed by atoms with Gasteiger partial charge in [0.15, 0.2) is 0 Å². The number of Topliss-reactive ketones (excluding diaryl/α,β-unsaturated/α-hetero) is 2. The Labute approximate surface area is 350 Å². The van der Waals surface area contributed by atoms with Crippen molar-refractivity contribution in [1.82, 2.24) is 4.90 Å². The number of piperidine rings is 1. The summed E-state index contributed by atoms with van der Waals surface area (Å²) >= 11 is 0. The highest BCUT2D eigenvalue weighted by molar-refractivity contribution is 6.39. The average molecular weight is 838 g/mol. The van der Waals surface area contributed by atoms with Gasteiger partial charge in [0, 0.05) is 44.9 Å². The second kappa shape index (κ2) is 21.5. The number of carbonyl (C=O) groups is 4. The van der Waals surface area contributed by atoms with Gasteiger partial charge >= 0.3 is 5.97 Å². The number of rotatable bonds is 7. The van der Waals surface area contributed by atoms with Gasteiger partial charge in [-0.05, 0) is 108 Å². The van der Waals surface area contributed by atoms with Crippen molar-refractivity contribution in [2.24, 2.45) is 29.6 Å². The molecule has 14 heteroatoms. The summed E-state index contributed by atoms with van der Waals surface area (Å²) in [5.41, 5.74) is 0.951. The van der Waals surface area contributed by atoms with Gasteiger partial charge in [0.25, 0.3) is 11.7 Å². The van der Waals surface area contributed by atoms with Gasteiger partial charge in [-0.1, -0.05) is 39.8 Å². The Bertz CT molecular complexity index is 1520. The van der Waals surface area contributed by atoms with Gasteiger partial charge in [-0.25, -0.2) is 9.18 Å². The first-order chi connectivity index (χ1) is 27.8. The van der Waals surface area contributed by atoms with Gasteiger partial charge in [0.2, 0.25) is 5.79 Å². The number of hydrogen-bond donors (Lipinski definition) is 3. The lowest BCUT2D eigenvalue weighted by atomic mass is 9.81. The van der Waals surface area contributed by atoms with Gasteiger partial charge in [-0.2, -0.15) is 0 Å². The van der Waals surface area contributed by atoms with E-state index in [0.29, 0.717) is 49.7 Å². The first kappa shape index (κ1) is 49.1. The number of methoxy groups -OCH3 is 2.